The molecule has 1 heterocycles. The van der Waals surface area contributed by atoms with Crippen molar-refractivity contribution < 1.29 is 4.42 Å². The number of benzene rings is 9. The molecule has 2 heteroatoms. The molecule has 0 bridgehead atoms. The van der Waals surface area contributed by atoms with Crippen LogP contribution in [0.4, 0.5) is 17.1 Å². The van der Waals surface area contributed by atoms with Crippen molar-refractivity contribution in [3.05, 3.63) is 200 Å². The number of nitrogens with zero attached hydrogens (tertiary/aromatic N) is 1. The van der Waals surface area contributed by atoms with Crippen molar-refractivity contribution in [2.75, 3.05) is 4.90 Å². The quantitative estimate of drug-likeness (QED) is 0.165. The summed E-state index contributed by atoms with van der Waals surface area (Å²) in [6.45, 7) is 0. The zero-order chi connectivity index (χ0) is 34.4. The van der Waals surface area contributed by atoms with Crippen LogP contribution >= 0.6 is 0 Å². The molecule has 0 aliphatic rings. The fraction of sp³-hybridized carbons (Fsp3) is 0. The van der Waals surface area contributed by atoms with Gasteiger partial charge in [0.1, 0.15) is 11.2 Å². The Kier molecular flexibility index (Phi) is 7.18. The Bertz CT molecular complexity index is 2890. The minimum Gasteiger partial charge on any atom is -0.456 e. The molecular weight excluding hydrogens is 631 g/mol. The second kappa shape index (κ2) is 12.5. The number of para-hydroxylation sites is 1. The van der Waals surface area contributed by atoms with E-state index in [0.717, 1.165) is 39.0 Å². The van der Waals surface area contributed by atoms with Gasteiger partial charge >= 0.3 is 0 Å². The number of furan rings is 1. The lowest BCUT2D eigenvalue weighted by atomic mass is 9.94. The lowest BCUT2D eigenvalue weighted by Crippen LogP contribution is -2.09. The molecule has 10 aromatic rings. The van der Waals surface area contributed by atoms with Crippen LogP contribution in [0.2, 0.25) is 0 Å². The van der Waals surface area contributed by atoms with Crippen LogP contribution in [0.3, 0.4) is 0 Å². The molecule has 0 saturated heterocycles. The van der Waals surface area contributed by atoms with Gasteiger partial charge in [-0.2, -0.15) is 0 Å². The van der Waals surface area contributed by atoms with Crippen molar-refractivity contribution in [2.45, 2.75) is 0 Å². The smallest absolute Gasteiger partial charge is 0.135 e. The van der Waals surface area contributed by atoms with Gasteiger partial charge in [-0.15, -0.1) is 0 Å². The number of rotatable bonds is 6. The summed E-state index contributed by atoms with van der Waals surface area (Å²) in [6, 6.07) is 71.7. The van der Waals surface area contributed by atoms with Gasteiger partial charge < -0.3 is 9.32 Å². The summed E-state index contributed by atoms with van der Waals surface area (Å²) in [4.78, 5) is 2.34. The number of hydrogen-bond donors (Lipinski definition) is 0. The summed E-state index contributed by atoms with van der Waals surface area (Å²) < 4.78 is 6.21. The van der Waals surface area contributed by atoms with Gasteiger partial charge in [0.2, 0.25) is 0 Å². The van der Waals surface area contributed by atoms with Crippen molar-refractivity contribution in [1.29, 1.82) is 0 Å². The molecule has 10 rings (SSSR count). The van der Waals surface area contributed by atoms with Crippen LogP contribution in [0, 0.1) is 0 Å². The van der Waals surface area contributed by atoms with E-state index >= 15 is 0 Å². The zero-order valence-corrected chi connectivity index (χ0v) is 28.4. The lowest BCUT2D eigenvalue weighted by molar-refractivity contribution is 0.669. The van der Waals surface area contributed by atoms with E-state index in [2.05, 4.69) is 193 Å². The molecule has 0 unspecified atom stereocenters. The fourth-order valence-corrected chi connectivity index (χ4v) is 7.69. The highest BCUT2D eigenvalue weighted by molar-refractivity contribution is 6.12. The van der Waals surface area contributed by atoms with Crippen molar-refractivity contribution in [1.82, 2.24) is 0 Å². The van der Waals surface area contributed by atoms with E-state index in [1.807, 2.05) is 12.1 Å². The highest BCUT2D eigenvalue weighted by atomic mass is 16.3. The molecule has 0 spiro atoms. The maximum Gasteiger partial charge on any atom is 0.135 e. The molecule has 0 fully saturated rings. The molecule has 9 aromatic carbocycles. The highest BCUT2D eigenvalue weighted by Gasteiger charge is 2.17. The van der Waals surface area contributed by atoms with Gasteiger partial charge in [-0.1, -0.05) is 146 Å². The van der Waals surface area contributed by atoms with Crippen molar-refractivity contribution >= 4 is 60.5 Å². The minimum absolute atomic E-state index is 0.886. The molecule has 52 heavy (non-hydrogen) atoms. The van der Waals surface area contributed by atoms with Gasteiger partial charge in [0.05, 0.1) is 0 Å². The predicted octanol–water partition coefficient (Wildman–Crippen LogP) is 14.4. The third-order valence-corrected chi connectivity index (χ3v) is 10.3. The molecule has 1 aromatic heterocycles. The summed E-state index contributed by atoms with van der Waals surface area (Å²) >= 11 is 0. The predicted molar refractivity (Wildman–Crippen MR) is 220 cm³/mol. The molecule has 0 amide bonds. The monoisotopic (exact) mass is 663 g/mol. The molecule has 244 valence electrons. The summed E-state index contributed by atoms with van der Waals surface area (Å²) in [5, 5.41) is 7.29. The van der Waals surface area contributed by atoms with Gasteiger partial charge in [-0.3, -0.25) is 0 Å². The van der Waals surface area contributed by atoms with E-state index in [-0.39, 0.29) is 0 Å². The molecule has 2 nitrogen and oxygen atoms in total. The average Bonchev–Trinajstić information content (AvgIpc) is 3.60. The normalized spacial score (nSPS) is 11.5. The van der Waals surface area contributed by atoms with Gasteiger partial charge in [0, 0.05) is 27.8 Å². The van der Waals surface area contributed by atoms with Crippen molar-refractivity contribution in [3.63, 3.8) is 0 Å². The van der Waals surface area contributed by atoms with E-state index in [4.69, 9.17) is 4.42 Å². The summed E-state index contributed by atoms with van der Waals surface area (Å²) in [5.74, 6) is 0. The van der Waals surface area contributed by atoms with Crippen LogP contribution in [0.5, 0.6) is 0 Å². The lowest BCUT2D eigenvalue weighted by Gasteiger charge is -2.26. The number of hydrogen-bond acceptors (Lipinski definition) is 2. The van der Waals surface area contributed by atoms with Crippen LogP contribution < -0.4 is 4.90 Å². The largest absolute Gasteiger partial charge is 0.456 e. The maximum atomic E-state index is 6.21. The van der Waals surface area contributed by atoms with Crippen LogP contribution in [0.1, 0.15) is 0 Å². The molecule has 0 radical (unpaired) electrons. The van der Waals surface area contributed by atoms with E-state index in [9.17, 15) is 0 Å². The fourth-order valence-electron chi connectivity index (χ4n) is 7.69. The topological polar surface area (TPSA) is 16.4 Å². The second-order valence-corrected chi connectivity index (χ2v) is 13.3. The van der Waals surface area contributed by atoms with Crippen LogP contribution in [0.15, 0.2) is 205 Å². The van der Waals surface area contributed by atoms with Crippen LogP contribution in [-0.4, -0.2) is 0 Å². The Morgan fingerprint density at radius 3 is 1.65 bits per heavy atom. The summed E-state index contributed by atoms with van der Waals surface area (Å²) in [5.41, 5.74) is 12.2. The zero-order valence-electron chi connectivity index (χ0n) is 28.4. The van der Waals surface area contributed by atoms with Crippen molar-refractivity contribution in [3.8, 4) is 33.4 Å². The van der Waals surface area contributed by atoms with Gasteiger partial charge in [0.15, 0.2) is 0 Å². The second-order valence-electron chi connectivity index (χ2n) is 13.3. The van der Waals surface area contributed by atoms with Crippen molar-refractivity contribution in [2.24, 2.45) is 0 Å². The first-order valence-electron chi connectivity index (χ1n) is 17.8. The Balaban J connectivity index is 1.07. The third-order valence-electron chi connectivity index (χ3n) is 10.3. The third kappa shape index (κ3) is 5.21. The molecule has 0 aliphatic heterocycles. The first-order valence-corrected chi connectivity index (χ1v) is 17.8. The molecule has 0 N–H and O–H groups in total. The average molecular weight is 664 g/mol. The molecule has 0 atom stereocenters. The summed E-state index contributed by atoms with van der Waals surface area (Å²) in [7, 11) is 0. The van der Waals surface area contributed by atoms with Crippen LogP contribution in [0.25, 0.3) is 76.9 Å². The van der Waals surface area contributed by atoms with E-state index in [1.165, 1.54) is 54.9 Å². The first kappa shape index (κ1) is 30.0. The Morgan fingerprint density at radius 1 is 0.288 bits per heavy atom. The van der Waals surface area contributed by atoms with Gasteiger partial charge in [0.25, 0.3) is 0 Å². The van der Waals surface area contributed by atoms with Gasteiger partial charge in [-0.25, -0.2) is 0 Å². The minimum atomic E-state index is 0.886. The SMILES string of the molecule is c1ccc(-c2cccc(-c3ccc(N(c4ccc(-c5cccc6c5ccc5ccccc56)cc4)c4ccc5oc6ccccc6c5c4)cc3)c2)cc1. The maximum absolute atomic E-state index is 6.21. The number of anilines is 3. The van der Waals surface area contributed by atoms with Crippen LogP contribution in [-0.2, 0) is 0 Å². The molecule has 0 saturated carbocycles. The van der Waals surface area contributed by atoms with E-state index in [0.29, 0.717) is 0 Å². The Hall–Kier alpha value is -6.90. The number of fused-ring (bicyclic) bond motifs is 6. The Morgan fingerprint density at radius 2 is 0.865 bits per heavy atom. The standard InChI is InChI=1S/C50H33NO/c1-2-10-34(11-3-1)38-13-8-14-39(32-38)35-20-25-40(26-21-35)51(42-29-31-50-48(33-42)47-16-6-7-19-49(47)52-50)41-27-22-37(23-28-41)44-17-9-18-45-43-15-5-4-12-36(43)24-30-46(44)45/h1-33H. The molecular formula is C50H33NO. The van der Waals surface area contributed by atoms with E-state index < -0.39 is 0 Å². The first-order chi connectivity index (χ1) is 25.8. The highest BCUT2D eigenvalue weighted by Crippen LogP contribution is 2.41. The van der Waals surface area contributed by atoms with E-state index in [1.54, 1.807) is 0 Å². The molecule has 0 aliphatic carbocycles. The summed E-state index contributed by atoms with van der Waals surface area (Å²) in [6.07, 6.45) is 0. The van der Waals surface area contributed by atoms with Gasteiger partial charge in [-0.05, 0) is 110 Å². The Labute approximate surface area is 302 Å².